The second kappa shape index (κ2) is 7.44. The van der Waals surface area contributed by atoms with Crippen LogP contribution in [0.3, 0.4) is 0 Å². The highest BCUT2D eigenvalue weighted by atomic mass is 16.5. The molecule has 1 aromatic rings. The zero-order valence-corrected chi connectivity index (χ0v) is 15.2. The summed E-state index contributed by atoms with van der Waals surface area (Å²) in [5.41, 5.74) is 1.27. The second-order valence-electron chi connectivity index (χ2n) is 7.24. The number of piperidine rings is 1. The fraction of sp³-hybridized carbons (Fsp3) is 0.579. The van der Waals surface area contributed by atoms with E-state index in [1.807, 2.05) is 6.07 Å². The van der Waals surface area contributed by atoms with Crippen LogP contribution in [0, 0.1) is 5.92 Å². The van der Waals surface area contributed by atoms with Gasteiger partial charge < -0.3 is 15.4 Å². The smallest absolute Gasteiger partial charge is 0.265 e. The Balaban J connectivity index is 1.73. The van der Waals surface area contributed by atoms with Crippen molar-refractivity contribution in [2.75, 3.05) is 23.7 Å². The quantitative estimate of drug-likeness (QED) is 0.880. The SMILES string of the molecule is CC(C)[C@H](C(=O)Nc1ccc2c(c1)NC(=O)[C@@H](C)O2)N1CCCCC1. The van der Waals surface area contributed by atoms with Gasteiger partial charge in [-0.1, -0.05) is 20.3 Å². The van der Waals surface area contributed by atoms with Crippen molar-refractivity contribution in [3.05, 3.63) is 18.2 Å². The average molecular weight is 345 g/mol. The van der Waals surface area contributed by atoms with Gasteiger partial charge in [0.05, 0.1) is 11.7 Å². The molecular weight excluding hydrogens is 318 g/mol. The van der Waals surface area contributed by atoms with E-state index in [1.165, 1.54) is 6.42 Å². The van der Waals surface area contributed by atoms with E-state index in [2.05, 4.69) is 29.4 Å². The van der Waals surface area contributed by atoms with Gasteiger partial charge in [-0.2, -0.15) is 0 Å². The first kappa shape index (κ1) is 17.7. The van der Waals surface area contributed by atoms with Crippen molar-refractivity contribution in [2.45, 2.75) is 52.2 Å². The molecule has 1 fully saturated rings. The van der Waals surface area contributed by atoms with Crippen molar-refractivity contribution in [3.63, 3.8) is 0 Å². The van der Waals surface area contributed by atoms with Crippen LogP contribution in [-0.2, 0) is 9.59 Å². The molecular formula is C19H27N3O3. The molecule has 2 aliphatic rings. The third kappa shape index (κ3) is 3.95. The molecule has 0 unspecified atom stereocenters. The van der Waals surface area contributed by atoms with Crippen molar-refractivity contribution in [3.8, 4) is 5.75 Å². The van der Waals surface area contributed by atoms with E-state index in [0.717, 1.165) is 25.9 Å². The molecule has 2 aliphatic heterocycles. The van der Waals surface area contributed by atoms with Crippen LogP contribution in [0.2, 0.25) is 0 Å². The first-order valence-electron chi connectivity index (χ1n) is 9.12. The fourth-order valence-corrected chi connectivity index (χ4v) is 3.59. The maximum absolute atomic E-state index is 12.9. The van der Waals surface area contributed by atoms with Crippen LogP contribution in [0.15, 0.2) is 18.2 Å². The Morgan fingerprint density at radius 3 is 2.68 bits per heavy atom. The number of carbonyl (C=O) groups excluding carboxylic acids is 2. The number of carbonyl (C=O) groups is 2. The number of rotatable bonds is 4. The molecule has 6 nitrogen and oxygen atoms in total. The molecule has 0 aromatic heterocycles. The molecule has 6 heteroatoms. The van der Waals surface area contributed by atoms with E-state index in [-0.39, 0.29) is 23.8 Å². The first-order chi connectivity index (χ1) is 12.0. The molecule has 0 spiro atoms. The van der Waals surface area contributed by atoms with Crippen molar-refractivity contribution in [2.24, 2.45) is 5.92 Å². The predicted octanol–water partition coefficient (Wildman–Crippen LogP) is 2.86. The molecule has 136 valence electrons. The minimum Gasteiger partial charge on any atom is -0.479 e. The Morgan fingerprint density at radius 2 is 2.00 bits per heavy atom. The molecule has 0 saturated carbocycles. The number of amides is 2. The summed E-state index contributed by atoms with van der Waals surface area (Å²) in [5, 5.41) is 5.82. The second-order valence-corrected chi connectivity index (χ2v) is 7.24. The number of fused-ring (bicyclic) bond motifs is 1. The van der Waals surface area contributed by atoms with Crippen molar-refractivity contribution in [1.82, 2.24) is 4.90 Å². The van der Waals surface area contributed by atoms with E-state index >= 15 is 0 Å². The molecule has 0 radical (unpaired) electrons. The summed E-state index contributed by atoms with van der Waals surface area (Å²) in [4.78, 5) is 26.9. The van der Waals surface area contributed by atoms with Gasteiger partial charge in [-0.05, 0) is 57.0 Å². The van der Waals surface area contributed by atoms with Crippen LogP contribution in [0.25, 0.3) is 0 Å². The summed E-state index contributed by atoms with van der Waals surface area (Å²) in [5.74, 6) is 0.693. The van der Waals surface area contributed by atoms with Gasteiger partial charge in [-0.25, -0.2) is 0 Å². The zero-order chi connectivity index (χ0) is 18.0. The number of ether oxygens (including phenoxy) is 1. The summed E-state index contributed by atoms with van der Waals surface area (Å²) in [6.07, 6.45) is 3.04. The summed E-state index contributed by atoms with van der Waals surface area (Å²) in [7, 11) is 0. The predicted molar refractivity (Wildman–Crippen MR) is 97.8 cm³/mol. The lowest BCUT2D eigenvalue weighted by Gasteiger charge is -2.35. The maximum atomic E-state index is 12.9. The number of hydrogen-bond acceptors (Lipinski definition) is 4. The first-order valence-corrected chi connectivity index (χ1v) is 9.12. The van der Waals surface area contributed by atoms with Crippen molar-refractivity contribution >= 4 is 23.2 Å². The highest BCUT2D eigenvalue weighted by Gasteiger charge is 2.30. The van der Waals surface area contributed by atoms with Crippen LogP contribution in [-0.4, -0.2) is 41.9 Å². The van der Waals surface area contributed by atoms with E-state index < -0.39 is 6.10 Å². The number of nitrogens with zero attached hydrogens (tertiary/aromatic N) is 1. The molecule has 1 saturated heterocycles. The Kier molecular flexibility index (Phi) is 5.27. The molecule has 2 N–H and O–H groups in total. The zero-order valence-electron chi connectivity index (χ0n) is 15.2. The van der Waals surface area contributed by atoms with Gasteiger partial charge in [0, 0.05) is 5.69 Å². The van der Waals surface area contributed by atoms with Crippen LogP contribution >= 0.6 is 0 Å². The largest absolute Gasteiger partial charge is 0.479 e. The number of benzene rings is 1. The van der Waals surface area contributed by atoms with Crippen LogP contribution in [0.1, 0.15) is 40.0 Å². The standard InChI is InChI=1S/C19H27N3O3/c1-12(2)17(22-9-5-4-6-10-22)19(24)20-14-7-8-16-15(11-14)21-18(23)13(3)25-16/h7-8,11-13,17H,4-6,9-10H2,1-3H3,(H,20,24)(H,21,23)/t13-,17-/m1/s1. The molecule has 0 bridgehead atoms. The number of hydrogen-bond donors (Lipinski definition) is 2. The van der Waals surface area contributed by atoms with Crippen LogP contribution in [0.4, 0.5) is 11.4 Å². The summed E-state index contributed by atoms with van der Waals surface area (Å²) < 4.78 is 5.55. The lowest BCUT2D eigenvalue weighted by molar-refractivity contribution is -0.123. The van der Waals surface area contributed by atoms with E-state index in [9.17, 15) is 9.59 Å². The maximum Gasteiger partial charge on any atom is 0.265 e. The molecule has 2 amide bonds. The van der Waals surface area contributed by atoms with E-state index in [0.29, 0.717) is 17.1 Å². The fourth-order valence-electron chi connectivity index (χ4n) is 3.59. The normalized spacial score (nSPS) is 21.9. The summed E-state index contributed by atoms with van der Waals surface area (Å²) in [6, 6.07) is 5.22. The highest BCUT2D eigenvalue weighted by Crippen LogP contribution is 2.32. The number of nitrogens with one attached hydrogen (secondary N) is 2. The highest BCUT2D eigenvalue weighted by molar-refractivity contribution is 6.00. The molecule has 2 heterocycles. The van der Waals surface area contributed by atoms with Gasteiger partial charge in [-0.3, -0.25) is 14.5 Å². The van der Waals surface area contributed by atoms with Gasteiger partial charge in [0.15, 0.2) is 6.10 Å². The molecule has 3 rings (SSSR count). The van der Waals surface area contributed by atoms with Crippen LogP contribution in [0.5, 0.6) is 5.75 Å². The summed E-state index contributed by atoms with van der Waals surface area (Å²) in [6.45, 7) is 7.83. The third-order valence-corrected chi connectivity index (χ3v) is 4.86. The van der Waals surface area contributed by atoms with Crippen molar-refractivity contribution in [1.29, 1.82) is 0 Å². The Morgan fingerprint density at radius 1 is 1.28 bits per heavy atom. The van der Waals surface area contributed by atoms with Crippen LogP contribution < -0.4 is 15.4 Å². The van der Waals surface area contributed by atoms with Gasteiger partial charge in [0.2, 0.25) is 5.91 Å². The third-order valence-electron chi connectivity index (χ3n) is 4.86. The molecule has 2 atom stereocenters. The lowest BCUT2D eigenvalue weighted by atomic mass is 9.98. The Hall–Kier alpha value is -2.08. The minimum atomic E-state index is -0.502. The molecule has 25 heavy (non-hydrogen) atoms. The van der Waals surface area contributed by atoms with E-state index in [1.54, 1.807) is 19.1 Å². The number of anilines is 2. The van der Waals surface area contributed by atoms with Gasteiger partial charge in [0.25, 0.3) is 5.91 Å². The monoisotopic (exact) mass is 345 g/mol. The summed E-state index contributed by atoms with van der Waals surface area (Å²) >= 11 is 0. The number of likely N-dealkylation sites (tertiary alicyclic amines) is 1. The molecule has 1 aromatic carbocycles. The van der Waals surface area contributed by atoms with Crippen molar-refractivity contribution < 1.29 is 14.3 Å². The Bertz CT molecular complexity index is 653. The topological polar surface area (TPSA) is 70.7 Å². The van der Waals surface area contributed by atoms with Gasteiger partial charge in [0.1, 0.15) is 5.75 Å². The Labute approximate surface area is 148 Å². The van der Waals surface area contributed by atoms with E-state index in [4.69, 9.17) is 4.74 Å². The molecule has 0 aliphatic carbocycles. The lowest BCUT2D eigenvalue weighted by Crippen LogP contribution is -2.49. The average Bonchev–Trinajstić information content (AvgIpc) is 2.57. The van der Waals surface area contributed by atoms with Gasteiger partial charge >= 0.3 is 0 Å². The van der Waals surface area contributed by atoms with Gasteiger partial charge in [-0.15, -0.1) is 0 Å². The minimum absolute atomic E-state index is 0.00766.